The van der Waals surface area contributed by atoms with Gasteiger partial charge in [-0.15, -0.1) is 4.33 Å². The van der Waals surface area contributed by atoms with Gasteiger partial charge < -0.3 is 4.55 Å². The van der Waals surface area contributed by atoms with Crippen molar-refractivity contribution in [2.45, 2.75) is 71.1 Å². The molecule has 0 N–H and O–H groups in total. The third-order valence-electron chi connectivity index (χ3n) is 3.06. The Balaban J connectivity index is 0. The molecule has 136 valence electrons. The molecule has 0 spiro atoms. The van der Waals surface area contributed by atoms with Gasteiger partial charge in [-0.25, -0.2) is 13.3 Å². The van der Waals surface area contributed by atoms with Crippen LogP contribution in [-0.2, 0) is 30.5 Å². The lowest BCUT2D eigenvalue weighted by Crippen LogP contribution is -2.01. The van der Waals surface area contributed by atoms with Crippen molar-refractivity contribution in [3.8, 4) is 0 Å². The molecular formula is C15H34O5S2. The van der Waals surface area contributed by atoms with Crippen LogP contribution in [0.2, 0.25) is 0 Å². The van der Waals surface area contributed by atoms with Gasteiger partial charge in [0, 0.05) is 0 Å². The molecule has 0 aliphatic carbocycles. The molecule has 0 aliphatic rings. The second-order valence-electron chi connectivity index (χ2n) is 5.51. The van der Waals surface area contributed by atoms with Crippen molar-refractivity contribution in [3.63, 3.8) is 0 Å². The maximum absolute atomic E-state index is 9.33. The van der Waals surface area contributed by atoms with E-state index in [1.54, 1.807) is 0 Å². The molecule has 0 aromatic carbocycles. The molecule has 0 atom stereocenters. The highest BCUT2D eigenvalue weighted by atomic mass is 32.3. The molecule has 0 aliphatic heterocycles. The third kappa shape index (κ3) is 28.4. The fourth-order valence-corrected chi connectivity index (χ4v) is 2.91. The number of unbranched alkanes of at least 4 members (excludes halogenated alkanes) is 9. The van der Waals surface area contributed by atoms with Crippen LogP contribution in [0.25, 0.3) is 0 Å². The van der Waals surface area contributed by atoms with E-state index in [2.05, 4.69) is 28.7 Å². The van der Waals surface area contributed by atoms with Gasteiger partial charge in [-0.05, 0) is 23.7 Å². The first-order valence-corrected chi connectivity index (χ1v) is 11.6. The molecule has 5 nitrogen and oxygen atoms in total. The highest BCUT2D eigenvalue weighted by molar-refractivity contribution is 7.95. The van der Waals surface area contributed by atoms with E-state index in [0.29, 0.717) is 10.9 Å². The second-order valence-corrected chi connectivity index (χ2v) is 8.85. The highest BCUT2D eigenvalue weighted by Gasteiger charge is 2.00. The molecule has 0 heterocycles. The molecule has 0 aromatic heterocycles. The Labute approximate surface area is 140 Å². The second kappa shape index (κ2) is 17.5. The smallest absolute Gasteiger partial charge is 0.245 e. The summed E-state index contributed by atoms with van der Waals surface area (Å²) in [7, 11) is -3.05. The van der Waals surface area contributed by atoms with Gasteiger partial charge in [0.25, 0.3) is 0 Å². The van der Waals surface area contributed by atoms with Crippen molar-refractivity contribution >= 4 is 21.3 Å². The van der Waals surface area contributed by atoms with Gasteiger partial charge in [-0.2, -0.15) is 0 Å². The molecule has 0 unspecified atom stereocenters. The first kappa shape index (κ1) is 24.4. The molecule has 0 amide bonds. The summed E-state index contributed by atoms with van der Waals surface area (Å²) in [5.41, 5.74) is 0. The summed E-state index contributed by atoms with van der Waals surface area (Å²) in [6.07, 6.45) is 19.3. The quantitative estimate of drug-likeness (QED) is 0.125. The van der Waals surface area contributed by atoms with Crippen molar-refractivity contribution in [2.24, 2.45) is 0 Å². The van der Waals surface area contributed by atoms with Gasteiger partial charge in [0.05, 0.1) is 19.6 Å². The summed E-state index contributed by atoms with van der Waals surface area (Å²) in [6, 6.07) is 0. The van der Waals surface area contributed by atoms with Crippen LogP contribution in [0.5, 0.6) is 0 Å². The standard InChI is InChI=1S/C14H31S.CH4O5S/c1-4-5-6-7-8-9-10-11-12-13-14-15(2)3;1-5-6-7(2,3)4/h4-14H2,1-3H3;1H3,(H,2,3,4)/q+1;/p-1. The minimum Gasteiger partial charge on any atom is -0.724 e. The van der Waals surface area contributed by atoms with E-state index in [-0.39, 0.29) is 0 Å². The molecular weight excluding hydrogens is 324 g/mol. The van der Waals surface area contributed by atoms with Crippen LogP contribution in [0.4, 0.5) is 0 Å². The van der Waals surface area contributed by atoms with Crippen molar-refractivity contribution in [1.29, 1.82) is 0 Å². The SMILES string of the molecule is CCCCCCCCCCCC[S+](C)C.COOS(=O)(=O)[O-]. The Hall–Kier alpha value is 0.180. The Morgan fingerprint density at radius 3 is 1.55 bits per heavy atom. The Morgan fingerprint density at radius 1 is 0.864 bits per heavy atom. The lowest BCUT2D eigenvalue weighted by molar-refractivity contribution is -0.180. The van der Waals surface area contributed by atoms with Crippen molar-refractivity contribution in [3.05, 3.63) is 0 Å². The van der Waals surface area contributed by atoms with Gasteiger partial charge in [0.2, 0.25) is 10.4 Å². The zero-order valence-corrected chi connectivity index (χ0v) is 16.3. The van der Waals surface area contributed by atoms with Crippen LogP contribution in [0.3, 0.4) is 0 Å². The maximum Gasteiger partial charge on any atom is 0.245 e. The van der Waals surface area contributed by atoms with E-state index in [9.17, 15) is 13.0 Å². The summed E-state index contributed by atoms with van der Waals surface area (Å²) in [6.45, 7) is 2.29. The fraction of sp³-hybridized carbons (Fsp3) is 1.00. The first-order valence-electron chi connectivity index (χ1n) is 8.05. The molecule has 7 heteroatoms. The molecule has 0 fully saturated rings. The van der Waals surface area contributed by atoms with Crippen LogP contribution < -0.4 is 0 Å². The average Bonchev–Trinajstić information content (AvgIpc) is 2.40. The topological polar surface area (TPSA) is 75.7 Å². The molecule has 0 rings (SSSR count). The van der Waals surface area contributed by atoms with E-state index in [1.165, 1.54) is 70.0 Å². The molecule has 0 radical (unpaired) electrons. The zero-order valence-electron chi connectivity index (χ0n) is 14.6. The monoisotopic (exact) mass is 358 g/mol. The predicted octanol–water partition coefficient (Wildman–Crippen LogP) is 3.81. The predicted molar refractivity (Wildman–Crippen MR) is 93.7 cm³/mol. The third-order valence-corrected chi connectivity index (χ3v) is 4.47. The molecule has 0 saturated heterocycles. The molecule has 0 bridgehead atoms. The zero-order chi connectivity index (χ0) is 17.3. The van der Waals surface area contributed by atoms with E-state index in [4.69, 9.17) is 0 Å². The van der Waals surface area contributed by atoms with E-state index < -0.39 is 10.4 Å². The van der Waals surface area contributed by atoms with E-state index in [0.717, 1.165) is 7.11 Å². The largest absolute Gasteiger partial charge is 0.724 e. The van der Waals surface area contributed by atoms with Crippen LogP contribution >= 0.6 is 0 Å². The highest BCUT2D eigenvalue weighted by Crippen LogP contribution is 2.10. The van der Waals surface area contributed by atoms with E-state index in [1.807, 2.05) is 0 Å². The van der Waals surface area contributed by atoms with Gasteiger partial charge in [-0.3, -0.25) is 0 Å². The van der Waals surface area contributed by atoms with Crippen LogP contribution in [-0.4, -0.2) is 38.3 Å². The number of rotatable bonds is 13. The normalized spacial score (nSPS) is 11.4. The van der Waals surface area contributed by atoms with Crippen LogP contribution in [0.15, 0.2) is 0 Å². The lowest BCUT2D eigenvalue weighted by atomic mass is 10.1. The average molecular weight is 359 g/mol. The summed E-state index contributed by atoms with van der Waals surface area (Å²) in [4.78, 5) is 3.51. The maximum atomic E-state index is 9.33. The molecule has 0 saturated carbocycles. The van der Waals surface area contributed by atoms with Crippen molar-refractivity contribution in [1.82, 2.24) is 0 Å². The van der Waals surface area contributed by atoms with Gasteiger partial charge >= 0.3 is 0 Å². The fourth-order valence-electron chi connectivity index (χ4n) is 1.96. The van der Waals surface area contributed by atoms with Crippen LogP contribution in [0.1, 0.15) is 71.1 Å². The summed E-state index contributed by atoms with van der Waals surface area (Å²) >= 11 is 0. The van der Waals surface area contributed by atoms with Gasteiger partial charge in [0.15, 0.2) is 0 Å². The van der Waals surface area contributed by atoms with Crippen molar-refractivity contribution in [2.75, 3.05) is 25.4 Å². The Kier molecular flexibility index (Phi) is 19.5. The Morgan fingerprint density at radius 2 is 1.27 bits per heavy atom. The summed E-state index contributed by atoms with van der Waals surface area (Å²) in [5, 5.41) is 0. The molecule has 0 aromatic rings. The number of hydrogen-bond donors (Lipinski definition) is 0. The number of hydrogen-bond acceptors (Lipinski definition) is 5. The van der Waals surface area contributed by atoms with E-state index >= 15 is 0 Å². The van der Waals surface area contributed by atoms with Gasteiger partial charge in [-0.1, -0.05) is 58.3 Å². The Bertz CT molecular complexity index is 305. The summed E-state index contributed by atoms with van der Waals surface area (Å²) in [5.74, 6) is 1.45. The lowest BCUT2D eigenvalue weighted by Gasteiger charge is -2.01. The minimum absolute atomic E-state index is 0.672. The first-order chi connectivity index (χ1) is 10.3. The van der Waals surface area contributed by atoms with Crippen molar-refractivity contribution < 1.29 is 22.2 Å². The van der Waals surface area contributed by atoms with Gasteiger partial charge in [0.1, 0.15) is 5.75 Å². The minimum atomic E-state index is -4.65. The van der Waals surface area contributed by atoms with Crippen LogP contribution in [0, 0.1) is 0 Å². The summed E-state index contributed by atoms with van der Waals surface area (Å²) < 4.78 is 31.1. The molecule has 22 heavy (non-hydrogen) atoms.